The maximum absolute atomic E-state index is 13.0. The minimum atomic E-state index is -3.67. The van der Waals surface area contributed by atoms with Crippen LogP contribution in [-0.2, 0) is 14.8 Å². The molecule has 1 amide bonds. The van der Waals surface area contributed by atoms with Crippen molar-refractivity contribution < 1.29 is 13.2 Å². The molecule has 0 spiro atoms. The SMILES string of the molecule is CC(NC(=O)C1CCCCN1S(=O)(=O)c1ccccc1)c1cccs1. The quantitative estimate of drug-likeness (QED) is 0.869. The monoisotopic (exact) mass is 378 g/mol. The molecule has 3 rings (SSSR count). The van der Waals surface area contributed by atoms with Gasteiger partial charge in [-0.15, -0.1) is 11.3 Å². The largest absolute Gasteiger partial charge is 0.347 e. The lowest BCUT2D eigenvalue weighted by Crippen LogP contribution is -2.52. The maximum atomic E-state index is 13.0. The minimum absolute atomic E-state index is 0.129. The smallest absolute Gasteiger partial charge is 0.243 e. The van der Waals surface area contributed by atoms with Gasteiger partial charge in [0, 0.05) is 11.4 Å². The zero-order chi connectivity index (χ0) is 17.9. The number of hydrogen-bond acceptors (Lipinski definition) is 4. The number of hydrogen-bond donors (Lipinski definition) is 1. The van der Waals surface area contributed by atoms with E-state index in [1.807, 2.05) is 24.4 Å². The molecular weight excluding hydrogens is 356 g/mol. The Balaban J connectivity index is 1.80. The molecule has 2 aromatic rings. The summed E-state index contributed by atoms with van der Waals surface area (Å²) in [4.78, 5) is 14.1. The van der Waals surface area contributed by atoms with E-state index in [0.717, 1.165) is 17.7 Å². The molecule has 2 unspecified atom stereocenters. The highest BCUT2D eigenvalue weighted by Gasteiger charge is 2.37. The first-order chi connectivity index (χ1) is 12.0. The van der Waals surface area contributed by atoms with E-state index < -0.39 is 16.1 Å². The molecule has 7 heteroatoms. The lowest BCUT2D eigenvalue weighted by molar-refractivity contribution is -0.126. The molecule has 0 radical (unpaired) electrons. The van der Waals surface area contributed by atoms with Crippen molar-refractivity contribution >= 4 is 27.3 Å². The van der Waals surface area contributed by atoms with Crippen molar-refractivity contribution in [1.82, 2.24) is 9.62 Å². The molecule has 1 saturated heterocycles. The van der Waals surface area contributed by atoms with E-state index in [1.54, 1.807) is 41.7 Å². The Morgan fingerprint density at radius 3 is 2.64 bits per heavy atom. The first-order valence-corrected chi connectivity index (χ1v) is 10.7. The third-order valence-electron chi connectivity index (χ3n) is 4.43. The Labute approximate surface area is 152 Å². The molecule has 5 nitrogen and oxygen atoms in total. The van der Waals surface area contributed by atoms with Gasteiger partial charge in [0.15, 0.2) is 0 Å². The van der Waals surface area contributed by atoms with Gasteiger partial charge in [0.25, 0.3) is 0 Å². The predicted molar refractivity (Wildman–Crippen MR) is 98.8 cm³/mol. The second-order valence-corrected chi connectivity index (χ2v) is 9.06. The third kappa shape index (κ3) is 3.94. The Hall–Kier alpha value is -1.70. The van der Waals surface area contributed by atoms with Crippen LogP contribution in [0.25, 0.3) is 0 Å². The average Bonchev–Trinajstić information content (AvgIpc) is 3.17. The average molecular weight is 379 g/mol. The summed E-state index contributed by atoms with van der Waals surface area (Å²) >= 11 is 1.58. The highest BCUT2D eigenvalue weighted by atomic mass is 32.2. The van der Waals surface area contributed by atoms with Gasteiger partial charge in [-0.05, 0) is 43.3 Å². The third-order valence-corrected chi connectivity index (χ3v) is 7.41. The van der Waals surface area contributed by atoms with E-state index in [4.69, 9.17) is 0 Å². The molecule has 0 saturated carbocycles. The van der Waals surface area contributed by atoms with Gasteiger partial charge in [0.1, 0.15) is 6.04 Å². The number of piperidine rings is 1. The Morgan fingerprint density at radius 2 is 1.96 bits per heavy atom. The number of benzene rings is 1. The highest BCUT2D eigenvalue weighted by molar-refractivity contribution is 7.89. The minimum Gasteiger partial charge on any atom is -0.347 e. The first kappa shape index (κ1) is 18.1. The van der Waals surface area contributed by atoms with Gasteiger partial charge in [-0.1, -0.05) is 30.7 Å². The highest BCUT2D eigenvalue weighted by Crippen LogP contribution is 2.26. The number of rotatable bonds is 5. The van der Waals surface area contributed by atoms with Crippen LogP contribution < -0.4 is 5.32 Å². The van der Waals surface area contributed by atoms with E-state index in [-0.39, 0.29) is 16.8 Å². The molecular formula is C18H22N2O3S2. The Morgan fingerprint density at radius 1 is 1.20 bits per heavy atom. The van der Waals surface area contributed by atoms with Crippen LogP contribution in [0.4, 0.5) is 0 Å². The van der Waals surface area contributed by atoms with Crippen molar-refractivity contribution in [2.24, 2.45) is 0 Å². The number of carbonyl (C=O) groups excluding carboxylic acids is 1. The summed E-state index contributed by atoms with van der Waals surface area (Å²) < 4.78 is 27.3. The summed E-state index contributed by atoms with van der Waals surface area (Å²) in [6.45, 7) is 2.30. The molecule has 2 heterocycles. The molecule has 1 N–H and O–H groups in total. The van der Waals surface area contributed by atoms with E-state index >= 15 is 0 Å². The summed E-state index contributed by atoms with van der Waals surface area (Å²) in [6, 6.07) is 11.5. The van der Waals surface area contributed by atoms with Crippen molar-refractivity contribution in [3.05, 3.63) is 52.7 Å². The lowest BCUT2D eigenvalue weighted by Gasteiger charge is -2.34. The summed E-state index contributed by atoms with van der Waals surface area (Å²) in [6.07, 6.45) is 2.18. The lowest BCUT2D eigenvalue weighted by atomic mass is 10.0. The molecule has 1 aromatic heterocycles. The molecule has 1 fully saturated rings. The molecule has 0 bridgehead atoms. The van der Waals surface area contributed by atoms with Crippen LogP contribution in [0.3, 0.4) is 0 Å². The zero-order valence-corrected chi connectivity index (χ0v) is 15.7. The summed E-state index contributed by atoms with van der Waals surface area (Å²) in [5, 5.41) is 4.93. The van der Waals surface area contributed by atoms with Gasteiger partial charge >= 0.3 is 0 Å². The van der Waals surface area contributed by atoms with Crippen molar-refractivity contribution in [1.29, 1.82) is 0 Å². The number of amides is 1. The van der Waals surface area contributed by atoms with Gasteiger partial charge in [0.2, 0.25) is 15.9 Å². The maximum Gasteiger partial charge on any atom is 0.243 e. The normalized spacial score (nSPS) is 20.1. The fourth-order valence-electron chi connectivity index (χ4n) is 3.10. The number of carbonyl (C=O) groups is 1. The summed E-state index contributed by atoms with van der Waals surface area (Å²) in [5.74, 6) is -0.222. The van der Waals surface area contributed by atoms with E-state index in [9.17, 15) is 13.2 Å². The number of thiophene rings is 1. The fourth-order valence-corrected chi connectivity index (χ4v) is 5.51. The summed E-state index contributed by atoms with van der Waals surface area (Å²) in [5.41, 5.74) is 0. The van der Waals surface area contributed by atoms with Gasteiger partial charge in [-0.25, -0.2) is 8.42 Å². The predicted octanol–water partition coefficient (Wildman–Crippen LogP) is 3.17. The molecule has 1 aliphatic rings. The Kier molecular flexibility index (Phi) is 5.56. The van der Waals surface area contributed by atoms with Gasteiger partial charge in [0.05, 0.1) is 10.9 Å². The molecule has 134 valence electrons. The van der Waals surface area contributed by atoms with Crippen LogP contribution in [-0.4, -0.2) is 31.2 Å². The molecule has 0 aliphatic carbocycles. The van der Waals surface area contributed by atoms with Crippen LogP contribution in [0.15, 0.2) is 52.7 Å². The summed E-state index contributed by atoms with van der Waals surface area (Å²) in [7, 11) is -3.67. The molecule has 1 aliphatic heterocycles. The van der Waals surface area contributed by atoms with Crippen LogP contribution in [0.1, 0.15) is 37.1 Å². The fraction of sp³-hybridized carbons (Fsp3) is 0.389. The van der Waals surface area contributed by atoms with Crippen molar-refractivity contribution in [3.63, 3.8) is 0 Å². The van der Waals surface area contributed by atoms with Gasteiger partial charge in [-0.3, -0.25) is 4.79 Å². The zero-order valence-electron chi connectivity index (χ0n) is 14.1. The molecule has 1 aromatic carbocycles. The van der Waals surface area contributed by atoms with Crippen LogP contribution in [0.5, 0.6) is 0 Å². The van der Waals surface area contributed by atoms with Crippen LogP contribution in [0.2, 0.25) is 0 Å². The van der Waals surface area contributed by atoms with Crippen molar-refractivity contribution in [2.75, 3.05) is 6.54 Å². The van der Waals surface area contributed by atoms with E-state index in [0.29, 0.717) is 13.0 Å². The number of nitrogens with one attached hydrogen (secondary N) is 1. The second kappa shape index (κ2) is 7.68. The molecule has 25 heavy (non-hydrogen) atoms. The Bertz CT molecular complexity index is 804. The number of sulfonamides is 1. The van der Waals surface area contributed by atoms with E-state index in [1.165, 1.54) is 4.31 Å². The van der Waals surface area contributed by atoms with Crippen molar-refractivity contribution in [3.8, 4) is 0 Å². The standard InChI is InChI=1S/C18H22N2O3S2/c1-14(17-11-7-13-24-17)19-18(21)16-10-5-6-12-20(16)25(22,23)15-8-3-2-4-9-15/h2-4,7-9,11,13-14,16H,5-6,10,12H2,1H3,(H,19,21). The van der Waals surface area contributed by atoms with Crippen LogP contribution >= 0.6 is 11.3 Å². The second-order valence-electron chi connectivity index (χ2n) is 6.19. The van der Waals surface area contributed by atoms with Gasteiger partial charge < -0.3 is 5.32 Å². The number of nitrogens with zero attached hydrogens (tertiary/aromatic N) is 1. The molecule has 2 atom stereocenters. The van der Waals surface area contributed by atoms with Crippen LogP contribution in [0, 0.1) is 0 Å². The van der Waals surface area contributed by atoms with Crippen molar-refractivity contribution in [2.45, 2.75) is 43.2 Å². The first-order valence-electron chi connectivity index (χ1n) is 8.41. The van der Waals surface area contributed by atoms with E-state index in [2.05, 4.69) is 5.32 Å². The topological polar surface area (TPSA) is 66.5 Å². The van der Waals surface area contributed by atoms with Gasteiger partial charge in [-0.2, -0.15) is 4.31 Å².